The van der Waals surface area contributed by atoms with Crippen LogP contribution < -0.4 is 0 Å². The highest BCUT2D eigenvalue weighted by atomic mass is 16.3. The molecule has 2 N–H and O–H groups in total. The van der Waals surface area contributed by atoms with Gasteiger partial charge in [-0.25, -0.2) is 0 Å². The molecule has 0 aliphatic heterocycles. The number of hydrogen-bond acceptors (Lipinski definition) is 3. The molecule has 0 rings (SSSR count). The van der Waals surface area contributed by atoms with Gasteiger partial charge in [0.05, 0.1) is 0 Å². The fourth-order valence-corrected chi connectivity index (χ4v) is 2.66. The standard InChI is InChI=1S/C18H38O.C3H6O2/c1-2-3-4-5-6-7-8-9-10-11-12-13-14-15-16-17-18-19;1-3(5)2-4/h19H,2-18H2,1H3;2-3,5H,1H3. The van der Waals surface area contributed by atoms with Crippen LogP contribution in [0.4, 0.5) is 0 Å². The lowest BCUT2D eigenvalue weighted by Crippen LogP contribution is -1.97. The van der Waals surface area contributed by atoms with Gasteiger partial charge in [0, 0.05) is 6.61 Å². The van der Waals surface area contributed by atoms with E-state index < -0.39 is 6.10 Å². The van der Waals surface area contributed by atoms with E-state index >= 15 is 0 Å². The summed E-state index contributed by atoms with van der Waals surface area (Å²) in [4.78, 5) is 9.25. The van der Waals surface area contributed by atoms with Crippen molar-refractivity contribution in [3.8, 4) is 0 Å². The number of carbonyl (C=O) groups is 1. The molecule has 1 unspecified atom stereocenters. The Morgan fingerprint density at radius 3 is 1.12 bits per heavy atom. The molecular formula is C21H44O3. The zero-order chi connectivity index (χ0) is 18.3. The number of aliphatic hydroxyl groups is 2. The molecule has 0 amide bonds. The van der Waals surface area contributed by atoms with Gasteiger partial charge in [-0.2, -0.15) is 0 Å². The van der Waals surface area contributed by atoms with Crippen molar-refractivity contribution in [3.63, 3.8) is 0 Å². The fraction of sp³-hybridized carbons (Fsp3) is 0.952. The maximum absolute atomic E-state index is 9.25. The molecule has 0 aromatic rings. The first kappa shape index (κ1) is 25.8. The molecule has 0 bridgehead atoms. The van der Waals surface area contributed by atoms with E-state index in [-0.39, 0.29) is 0 Å². The summed E-state index contributed by atoms with van der Waals surface area (Å²) in [5, 5.41) is 16.7. The molecule has 0 fully saturated rings. The molecule has 0 spiro atoms. The second kappa shape index (κ2) is 24.8. The minimum atomic E-state index is -0.796. The minimum absolute atomic E-state index is 0.373. The topological polar surface area (TPSA) is 57.5 Å². The molecule has 1 atom stereocenters. The Kier molecular flexibility index (Phi) is 26.7. The predicted molar refractivity (Wildman–Crippen MR) is 104 cm³/mol. The summed E-state index contributed by atoms with van der Waals surface area (Å²) in [5.41, 5.74) is 0. The van der Waals surface area contributed by atoms with Gasteiger partial charge in [0.25, 0.3) is 0 Å². The molecule has 0 saturated heterocycles. The molecule has 146 valence electrons. The Morgan fingerprint density at radius 2 is 0.917 bits per heavy atom. The van der Waals surface area contributed by atoms with Crippen LogP contribution in [0.15, 0.2) is 0 Å². The lowest BCUT2D eigenvalue weighted by atomic mass is 10.0. The van der Waals surface area contributed by atoms with Crippen molar-refractivity contribution in [2.45, 2.75) is 123 Å². The summed E-state index contributed by atoms with van der Waals surface area (Å²) >= 11 is 0. The second-order valence-corrected chi connectivity index (χ2v) is 6.90. The van der Waals surface area contributed by atoms with Crippen molar-refractivity contribution in [2.75, 3.05) is 6.61 Å². The molecule has 0 aliphatic rings. The maximum Gasteiger partial charge on any atom is 0.148 e. The van der Waals surface area contributed by atoms with Crippen molar-refractivity contribution < 1.29 is 15.0 Å². The molecule has 0 aliphatic carbocycles. The lowest BCUT2D eigenvalue weighted by molar-refractivity contribution is -0.114. The average molecular weight is 345 g/mol. The van der Waals surface area contributed by atoms with Gasteiger partial charge in [-0.3, -0.25) is 0 Å². The zero-order valence-corrected chi connectivity index (χ0v) is 16.5. The highest BCUT2D eigenvalue weighted by Crippen LogP contribution is 2.13. The van der Waals surface area contributed by atoms with Crippen LogP contribution in [0.25, 0.3) is 0 Å². The Bertz CT molecular complexity index is 201. The normalized spacial score (nSPS) is 11.7. The largest absolute Gasteiger partial charge is 0.396 e. The number of aliphatic hydroxyl groups excluding tert-OH is 2. The van der Waals surface area contributed by atoms with Crippen molar-refractivity contribution in [3.05, 3.63) is 0 Å². The average Bonchev–Trinajstić information content (AvgIpc) is 2.59. The molecule has 0 aromatic carbocycles. The van der Waals surface area contributed by atoms with Crippen LogP contribution >= 0.6 is 0 Å². The van der Waals surface area contributed by atoms with E-state index in [2.05, 4.69) is 6.92 Å². The Hall–Kier alpha value is -0.410. The molecule has 0 radical (unpaired) electrons. The van der Waals surface area contributed by atoms with E-state index in [1.807, 2.05) is 0 Å². The number of rotatable bonds is 17. The maximum atomic E-state index is 9.25. The van der Waals surface area contributed by atoms with Gasteiger partial charge in [-0.05, 0) is 13.3 Å². The zero-order valence-electron chi connectivity index (χ0n) is 16.5. The van der Waals surface area contributed by atoms with Crippen LogP contribution in [-0.2, 0) is 4.79 Å². The first-order chi connectivity index (χ1) is 11.7. The van der Waals surface area contributed by atoms with Crippen molar-refractivity contribution in [1.82, 2.24) is 0 Å². The number of unbranched alkanes of at least 4 members (excludes halogenated alkanes) is 15. The molecule has 24 heavy (non-hydrogen) atoms. The Labute approximate surface area is 151 Å². The highest BCUT2D eigenvalue weighted by Gasteiger charge is 1.94. The van der Waals surface area contributed by atoms with E-state index in [0.717, 1.165) is 6.42 Å². The van der Waals surface area contributed by atoms with E-state index in [1.54, 1.807) is 0 Å². The number of hydrogen-bond donors (Lipinski definition) is 2. The van der Waals surface area contributed by atoms with Crippen LogP contribution in [-0.4, -0.2) is 29.2 Å². The second-order valence-electron chi connectivity index (χ2n) is 6.90. The summed E-state index contributed by atoms with van der Waals surface area (Å²) < 4.78 is 0. The quantitative estimate of drug-likeness (QED) is 0.259. The van der Waals surface area contributed by atoms with Gasteiger partial charge < -0.3 is 15.0 Å². The van der Waals surface area contributed by atoms with Crippen LogP contribution in [0.3, 0.4) is 0 Å². The summed E-state index contributed by atoms with van der Waals surface area (Å²) in [6.45, 7) is 4.07. The highest BCUT2D eigenvalue weighted by molar-refractivity contribution is 5.54. The SMILES string of the molecule is CC(O)C=O.CCCCCCCCCCCCCCCCCCO. The van der Waals surface area contributed by atoms with Crippen LogP contribution in [0.5, 0.6) is 0 Å². The first-order valence-electron chi connectivity index (χ1n) is 10.4. The summed E-state index contributed by atoms with van der Waals surface area (Å²) in [7, 11) is 0. The Balaban J connectivity index is 0. The summed E-state index contributed by atoms with van der Waals surface area (Å²) in [6.07, 6.45) is 21.8. The lowest BCUT2D eigenvalue weighted by Gasteiger charge is -2.03. The van der Waals surface area contributed by atoms with Crippen LogP contribution in [0.1, 0.15) is 117 Å². The smallest absolute Gasteiger partial charge is 0.148 e. The molecular weight excluding hydrogens is 300 g/mol. The van der Waals surface area contributed by atoms with Gasteiger partial charge in [0.1, 0.15) is 12.4 Å². The third-order valence-electron chi connectivity index (χ3n) is 4.21. The van der Waals surface area contributed by atoms with E-state index in [0.29, 0.717) is 12.9 Å². The molecule has 3 heteroatoms. The van der Waals surface area contributed by atoms with Crippen LogP contribution in [0, 0.1) is 0 Å². The van der Waals surface area contributed by atoms with Crippen molar-refractivity contribution in [2.24, 2.45) is 0 Å². The Morgan fingerprint density at radius 1 is 0.667 bits per heavy atom. The van der Waals surface area contributed by atoms with E-state index in [1.165, 1.54) is 103 Å². The van der Waals surface area contributed by atoms with Gasteiger partial charge in [0.15, 0.2) is 0 Å². The molecule has 0 saturated carbocycles. The van der Waals surface area contributed by atoms with E-state index in [4.69, 9.17) is 10.2 Å². The monoisotopic (exact) mass is 344 g/mol. The third-order valence-corrected chi connectivity index (χ3v) is 4.21. The van der Waals surface area contributed by atoms with Crippen molar-refractivity contribution >= 4 is 6.29 Å². The van der Waals surface area contributed by atoms with E-state index in [9.17, 15) is 4.79 Å². The van der Waals surface area contributed by atoms with Gasteiger partial charge in [0.2, 0.25) is 0 Å². The fourth-order valence-electron chi connectivity index (χ4n) is 2.66. The number of carbonyl (C=O) groups excluding carboxylic acids is 1. The summed E-state index contributed by atoms with van der Waals surface area (Å²) in [5.74, 6) is 0. The molecule has 0 heterocycles. The first-order valence-corrected chi connectivity index (χ1v) is 10.4. The van der Waals surface area contributed by atoms with Crippen molar-refractivity contribution in [1.29, 1.82) is 0 Å². The van der Waals surface area contributed by atoms with Crippen LogP contribution in [0.2, 0.25) is 0 Å². The third kappa shape index (κ3) is 29.6. The van der Waals surface area contributed by atoms with Gasteiger partial charge in [-0.15, -0.1) is 0 Å². The van der Waals surface area contributed by atoms with Gasteiger partial charge >= 0.3 is 0 Å². The van der Waals surface area contributed by atoms with Gasteiger partial charge in [-0.1, -0.05) is 103 Å². The number of aldehydes is 1. The molecule has 3 nitrogen and oxygen atoms in total. The molecule has 0 aromatic heterocycles. The minimum Gasteiger partial charge on any atom is -0.396 e. The predicted octanol–water partition coefficient (Wildman–Crippen LogP) is 5.81. The summed E-state index contributed by atoms with van der Waals surface area (Å²) in [6, 6.07) is 0.